The fourth-order valence-corrected chi connectivity index (χ4v) is 2.96. The average molecular weight is 466 g/mol. The first-order valence-electron chi connectivity index (χ1n) is 9.05. The number of carbonyl (C=O) groups excluding carboxylic acids is 1. The average Bonchev–Trinajstić information content (AvgIpc) is 2.73. The Balaban J connectivity index is 1.81. The number of carbonyl (C=O) groups is 1. The summed E-state index contributed by atoms with van der Waals surface area (Å²) in [6.07, 6.45) is -1.98. The third kappa shape index (κ3) is 5.70. The number of non-ortho nitro benzene ring substituents is 1. The molecule has 2 aromatic carbocycles. The number of nitrogens with zero attached hydrogens (tertiary/aromatic N) is 3. The molecule has 0 unspecified atom stereocenters. The molecule has 1 atom stereocenters. The molecule has 0 bridgehead atoms. The van der Waals surface area contributed by atoms with Crippen LogP contribution in [0, 0.1) is 10.1 Å². The molecule has 3 aromatic rings. The van der Waals surface area contributed by atoms with Gasteiger partial charge in [0, 0.05) is 23.4 Å². The summed E-state index contributed by atoms with van der Waals surface area (Å²) in [5.74, 6) is -0.492. The summed E-state index contributed by atoms with van der Waals surface area (Å²) in [6, 6.07) is 8.00. The Morgan fingerprint density at radius 1 is 1.19 bits per heavy atom. The van der Waals surface area contributed by atoms with E-state index in [4.69, 9.17) is 11.6 Å². The van der Waals surface area contributed by atoms with Crippen molar-refractivity contribution in [3.8, 4) is 0 Å². The van der Waals surface area contributed by atoms with Crippen molar-refractivity contribution in [3.63, 3.8) is 0 Å². The number of rotatable bonds is 6. The molecule has 1 heterocycles. The molecule has 1 amide bonds. The van der Waals surface area contributed by atoms with Crippen molar-refractivity contribution in [1.29, 1.82) is 0 Å². The number of halogens is 4. The van der Waals surface area contributed by atoms with Gasteiger partial charge in [-0.05, 0) is 30.7 Å². The standard InChI is InChI=1S/C20H15ClF3N5O3/c1-11(26-18-10-25-9-17(21)28-18)12-3-2-4-15(6-12)27-19(30)13-5-14(20(22,23)24)8-16(7-13)29(31)32/h2-11H,1H3,(H,26,28)(H,27,30)/t11-/m0/s1. The highest BCUT2D eigenvalue weighted by Gasteiger charge is 2.33. The Morgan fingerprint density at radius 2 is 1.94 bits per heavy atom. The topological polar surface area (TPSA) is 110 Å². The Labute approximate surface area is 184 Å². The number of hydrogen-bond donors (Lipinski definition) is 2. The quantitative estimate of drug-likeness (QED) is 0.368. The van der Waals surface area contributed by atoms with Crippen LogP contribution in [0.4, 0.5) is 30.4 Å². The molecule has 0 saturated heterocycles. The molecule has 0 aliphatic carbocycles. The van der Waals surface area contributed by atoms with E-state index in [1.165, 1.54) is 18.5 Å². The second-order valence-corrected chi connectivity index (χ2v) is 7.08. The third-order valence-corrected chi connectivity index (χ3v) is 4.51. The van der Waals surface area contributed by atoms with Gasteiger partial charge in [0.25, 0.3) is 11.6 Å². The van der Waals surface area contributed by atoms with Crippen LogP contribution in [0.1, 0.15) is 34.5 Å². The molecular formula is C20H15ClF3N5O3. The Kier molecular flexibility index (Phi) is 6.58. The predicted octanol–water partition coefficient (Wildman–Crippen LogP) is 5.48. The van der Waals surface area contributed by atoms with Crippen LogP contribution in [-0.4, -0.2) is 20.8 Å². The summed E-state index contributed by atoms with van der Waals surface area (Å²) in [5.41, 5.74) is -1.60. The second-order valence-electron chi connectivity index (χ2n) is 6.70. The number of nitro benzene ring substituents is 1. The van der Waals surface area contributed by atoms with Crippen molar-refractivity contribution >= 4 is 34.7 Å². The molecule has 0 aliphatic heterocycles. The van der Waals surface area contributed by atoms with Crippen LogP contribution >= 0.6 is 11.6 Å². The Morgan fingerprint density at radius 3 is 2.59 bits per heavy atom. The van der Waals surface area contributed by atoms with Gasteiger partial charge >= 0.3 is 6.18 Å². The van der Waals surface area contributed by atoms with Crippen LogP contribution < -0.4 is 10.6 Å². The van der Waals surface area contributed by atoms with E-state index < -0.39 is 33.8 Å². The highest BCUT2D eigenvalue weighted by molar-refractivity contribution is 6.29. The van der Waals surface area contributed by atoms with Gasteiger partial charge in [-0.1, -0.05) is 23.7 Å². The van der Waals surface area contributed by atoms with Crippen molar-refractivity contribution in [1.82, 2.24) is 9.97 Å². The number of nitrogens with one attached hydrogen (secondary N) is 2. The molecule has 32 heavy (non-hydrogen) atoms. The smallest absolute Gasteiger partial charge is 0.362 e. The number of aromatic nitrogens is 2. The van der Waals surface area contributed by atoms with Crippen LogP contribution in [0.2, 0.25) is 5.15 Å². The first kappa shape index (κ1) is 22.9. The fourth-order valence-electron chi connectivity index (χ4n) is 2.82. The lowest BCUT2D eigenvalue weighted by molar-refractivity contribution is -0.385. The van der Waals surface area contributed by atoms with E-state index in [1.807, 2.05) is 6.92 Å². The van der Waals surface area contributed by atoms with Gasteiger partial charge in [0.2, 0.25) is 0 Å². The highest BCUT2D eigenvalue weighted by Crippen LogP contribution is 2.33. The van der Waals surface area contributed by atoms with Crippen LogP contribution in [0.15, 0.2) is 54.9 Å². The van der Waals surface area contributed by atoms with Crippen molar-refractivity contribution < 1.29 is 22.9 Å². The maximum atomic E-state index is 13.1. The van der Waals surface area contributed by atoms with Gasteiger partial charge in [0.1, 0.15) is 11.0 Å². The predicted molar refractivity (Wildman–Crippen MR) is 112 cm³/mol. The molecule has 0 fully saturated rings. The van der Waals surface area contributed by atoms with E-state index in [-0.39, 0.29) is 11.2 Å². The van der Waals surface area contributed by atoms with Crippen LogP contribution in [-0.2, 0) is 6.18 Å². The first-order valence-corrected chi connectivity index (χ1v) is 9.43. The number of benzene rings is 2. The van der Waals surface area contributed by atoms with E-state index in [0.29, 0.717) is 23.6 Å². The lowest BCUT2D eigenvalue weighted by Gasteiger charge is -2.16. The number of anilines is 2. The number of alkyl halides is 3. The molecule has 166 valence electrons. The SMILES string of the molecule is C[C@H](Nc1cncc(Cl)n1)c1cccc(NC(=O)c2cc([N+](=O)[O-])cc(C(F)(F)F)c2)c1. The monoisotopic (exact) mass is 465 g/mol. The largest absolute Gasteiger partial charge is 0.416 e. The molecule has 0 aliphatic rings. The lowest BCUT2D eigenvalue weighted by Crippen LogP contribution is -2.15. The van der Waals surface area contributed by atoms with E-state index in [0.717, 1.165) is 11.6 Å². The van der Waals surface area contributed by atoms with E-state index in [9.17, 15) is 28.1 Å². The maximum absolute atomic E-state index is 13.1. The summed E-state index contributed by atoms with van der Waals surface area (Å²) in [7, 11) is 0. The minimum absolute atomic E-state index is 0.207. The molecule has 1 aromatic heterocycles. The van der Waals surface area contributed by atoms with Gasteiger partial charge in [0.15, 0.2) is 0 Å². The molecule has 8 nitrogen and oxygen atoms in total. The number of hydrogen-bond acceptors (Lipinski definition) is 6. The van der Waals surface area contributed by atoms with Crippen LogP contribution in [0.25, 0.3) is 0 Å². The third-order valence-electron chi connectivity index (χ3n) is 4.33. The number of nitro groups is 1. The molecule has 0 radical (unpaired) electrons. The van der Waals surface area contributed by atoms with E-state index >= 15 is 0 Å². The molecule has 0 saturated carbocycles. The van der Waals surface area contributed by atoms with Gasteiger partial charge in [-0.25, -0.2) is 4.98 Å². The van der Waals surface area contributed by atoms with Gasteiger partial charge in [-0.2, -0.15) is 13.2 Å². The zero-order chi connectivity index (χ0) is 23.5. The van der Waals surface area contributed by atoms with Crippen molar-refractivity contribution in [2.45, 2.75) is 19.1 Å². The Hall–Kier alpha value is -3.73. The van der Waals surface area contributed by atoms with Crippen molar-refractivity contribution in [2.24, 2.45) is 0 Å². The first-order chi connectivity index (χ1) is 15.0. The van der Waals surface area contributed by atoms with Gasteiger partial charge in [-0.3, -0.25) is 19.9 Å². The zero-order valence-electron chi connectivity index (χ0n) is 16.4. The normalized spacial score (nSPS) is 12.2. The lowest BCUT2D eigenvalue weighted by atomic mass is 10.1. The summed E-state index contributed by atoms with van der Waals surface area (Å²) < 4.78 is 39.2. The summed E-state index contributed by atoms with van der Waals surface area (Å²) >= 11 is 5.81. The maximum Gasteiger partial charge on any atom is 0.416 e. The minimum atomic E-state index is -4.84. The van der Waals surface area contributed by atoms with E-state index in [2.05, 4.69) is 20.6 Å². The fraction of sp³-hybridized carbons (Fsp3) is 0.150. The van der Waals surface area contributed by atoms with Crippen LogP contribution in [0.5, 0.6) is 0 Å². The molecule has 3 rings (SSSR count). The van der Waals surface area contributed by atoms with Crippen LogP contribution in [0.3, 0.4) is 0 Å². The van der Waals surface area contributed by atoms with Crippen molar-refractivity contribution in [3.05, 3.63) is 86.8 Å². The van der Waals surface area contributed by atoms with Crippen molar-refractivity contribution in [2.75, 3.05) is 10.6 Å². The van der Waals surface area contributed by atoms with Gasteiger partial charge in [-0.15, -0.1) is 0 Å². The molecule has 12 heteroatoms. The molecule has 0 spiro atoms. The molecule has 2 N–H and O–H groups in total. The summed E-state index contributed by atoms with van der Waals surface area (Å²) in [6.45, 7) is 1.82. The zero-order valence-corrected chi connectivity index (χ0v) is 17.1. The number of amides is 1. The second kappa shape index (κ2) is 9.18. The van der Waals surface area contributed by atoms with E-state index in [1.54, 1.807) is 18.2 Å². The summed E-state index contributed by atoms with van der Waals surface area (Å²) in [4.78, 5) is 30.5. The van der Waals surface area contributed by atoms with Gasteiger partial charge in [0.05, 0.1) is 28.9 Å². The molecular weight excluding hydrogens is 451 g/mol. The van der Waals surface area contributed by atoms with Gasteiger partial charge < -0.3 is 10.6 Å². The minimum Gasteiger partial charge on any atom is -0.362 e. The Bertz CT molecular complexity index is 1170. The highest BCUT2D eigenvalue weighted by atomic mass is 35.5. The summed E-state index contributed by atoms with van der Waals surface area (Å²) in [5, 5.41) is 16.7.